The van der Waals surface area contributed by atoms with Crippen LogP contribution in [0, 0.1) is 0 Å². The molecule has 2 N–H and O–H groups in total. The molecule has 0 atom stereocenters. The highest BCUT2D eigenvalue weighted by atomic mass is 16.5. The lowest BCUT2D eigenvalue weighted by Crippen LogP contribution is -2.35. The Morgan fingerprint density at radius 3 is 2.41 bits per heavy atom. The number of nitrogens with zero attached hydrogens (tertiary/aromatic N) is 1. The number of ether oxygens (including phenoxy) is 1. The Labute approximate surface area is 185 Å². The Kier molecular flexibility index (Phi) is 6.53. The summed E-state index contributed by atoms with van der Waals surface area (Å²) < 4.78 is 5.79. The van der Waals surface area contributed by atoms with E-state index in [4.69, 9.17) is 4.74 Å². The van der Waals surface area contributed by atoms with E-state index in [2.05, 4.69) is 15.8 Å². The second kappa shape index (κ2) is 10.0. The number of benzene rings is 4. The van der Waals surface area contributed by atoms with E-state index in [9.17, 15) is 9.59 Å². The molecule has 0 unspecified atom stereocenters. The lowest BCUT2D eigenvalue weighted by Gasteiger charge is -2.07. The van der Waals surface area contributed by atoms with Gasteiger partial charge in [0.1, 0.15) is 11.5 Å². The van der Waals surface area contributed by atoms with Gasteiger partial charge in [-0.2, -0.15) is 5.10 Å². The molecule has 6 heteroatoms. The van der Waals surface area contributed by atoms with Crippen molar-refractivity contribution in [1.29, 1.82) is 0 Å². The number of rotatable bonds is 7. The summed E-state index contributed by atoms with van der Waals surface area (Å²) in [6.45, 7) is -0.184. The van der Waals surface area contributed by atoms with E-state index >= 15 is 0 Å². The molecule has 0 aliphatic rings. The molecule has 6 nitrogen and oxygen atoms in total. The van der Waals surface area contributed by atoms with Gasteiger partial charge < -0.3 is 10.1 Å². The summed E-state index contributed by atoms with van der Waals surface area (Å²) in [6.07, 6.45) is 1.52. The number of hydrazone groups is 1. The average Bonchev–Trinajstić information content (AvgIpc) is 2.83. The molecule has 32 heavy (non-hydrogen) atoms. The van der Waals surface area contributed by atoms with E-state index in [1.807, 2.05) is 91.0 Å². The predicted molar refractivity (Wildman–Crippen MR) is 125 cm³/mol. The fraction of sp³-hybridized carbons (Fsp3) is 0.0385. The topological polar surface area (TPSA) is 79.8 Å². The molecule has 4 aromatic rings. The fourth-order valence-corrected chi connectivity index (χ4v) is 3.18. The van der Waals surface area contributed by atoms with E-state index in [0.29, 0.717) is 11.3 Å². The first kappa shape index (κ1) is 20.8. The van der Waals surface area contributed by atoms with Crippen molar-refractivity contribution in [2.45, 2.75) is 0 Å². The smallest absolute Gasteiger partial charge is 0.259 e. The zero-order valence-electron chi connectivity index (χ0n) is 17.2. The van der Waals surface area contributed by atoms with Gasteiger partial charge in [0.05, 0.1) is 12.8 Å². The molecule has 2 amide bonds. The maximum atomic E-state index is 12.5. The Hall–Kier alpha value is -4.45. The molecule has 0 spiro atoms. The van der Waals surface area contributed by atoms with Gasteiger partial charge >= 0.3 is 0 Å². The largest absolute Gasteiger partial charge is 0.457 e. The molecular formula is C26H21N3O3. The minimum Gasteiger partial charge on any atom is -0.457 e. The summed E-state index contributed by atoms with van der Waals surface area (Å²) >= 11 is 0. The third-order valence-electron chi connectivity index (χ3n) is 4.68. The van der Waals surface area contributed by atoms with Gasteiger partial charge in [0.25, 0.3) is 11.8 Å². The van der Waals surface area contributed by atoms with Crippen molar-refractivity contribution in [3.8, 4) is 11.5 Å². The Morgan fingerprint density at radius 2 is 1.53 bits per heavy atom. The number of hydrogen-bond acceptors (Lipinski definition) is 4. The van der Waals surface area contributed by atoms with E-state index in [0.717, 1.165) is 22.1 Å². The van der Waals surface area contributed by atoms with Crippen molar-refractivity contribution in [3.63, 3.8) is 0 Å². The quantitative estimate of drug-likeness (QED) is 0.339. The van der Waals surface area contributed by atoms with Crippen molar-refractivity contribution in [2.75, 3.05) is 6.54 Å². The van der Waals surface area contributed by atoms with Gasteiger partial charge in [0, 0.05) is 5.56 Å². The molecule has 0 aliphatic heterocycles. The number of carbonyl (C=O) groups excluding carboxylic acids is 2. The summed E-state index contributed by atoms with van der Waals surface area (Å²) in [5.41, 5.74) is 3.70. The fourth-order valence-electron chi connectivity index (χ4n) is 3.18. The van der Waals surface area contributed by atoms with Crippen molar-refractivity contribution in [3.05, 3.63) is 108 Å². The van der Waals surface area contributed by atoms with Gasteiger partial charge in [-0.25, -0.2) is 5.43 Å². The molecule has 0 radical (unpaired) electrons. The van der Waals surface area contributed by atoms with Crippen LogP contribution in [-0.2, 0) is 4.79 Å². The van der Waals surface area contributed by atoms with Crippen molar-refractivity contribution < 1.29 is 14.3 Å². The van der Waals surface area contributed by atoms with E-state index in [1.54, 1.807) is 6.07 Å². The van der Waals surface area contributed by atoms with Crippen LogP contribution in [0.15, 0.2) is 102 Å². The summed E-state index contributed by atoms with van der Waals surface area (Å²) in [7, 11) is 0. The molecular weight excluding hydrogens is 402 g/mol. The Balaban J connectivity index is 1.30. The Morgan fingerprint density at radius 1 is 0.812 bits per heavy atom. The maximum Gasteiger partial charge on any atom is 0.259 e. The number of carbonyl (C=O) groups is 2. The molecule has 4 aromatic carbocycles. The molecule has 0 aromatic heterocycles. The monoisotopic (exact) mass is 423 g/mol. The summed E-state index contributed by atoms with van der Waals surface area (Å²) in [4.78, 5) is 24.6. The third kappa shape index (κ3) is 5.37. The van der Waals surface area contributed by atoms with Gasteiger partial charge in [-0.05, 0) is 46.7 Å². The second-order valence-corrected chi connectivity index (χ2v) is 6.99. The SMILES string of the molecule is O=C(CNC(=O)c1cccc2ccccc12)NN=Cc1cccc(Oc2ccccc2)c1. The molecule has 158 valence electrons. The number of para-hydroxylation sites is 1. The minimum absolute atomic E-state index is 0.184. The lowest BCUT2D eigenvalue weighted by molar-refractivity contribution is -0.120. The maximum absolute atomic E-state index is 12.5. The zero-order chi connectivity index (χ0) is 22.2. The molecule has 0 fully saturated rings. The van der Waals surface area contributed by atoms with Crippen molar-refractivity contribution >= 4 is 28.8 Å². The first-order valence-corrected chi connectivity index (χ1v) is 10.1. The van der Waals surface area contributed by atoms with Crippen LogP contribution in [0.4, 0.5) is 0 Å². The van der Waals surface area contributed by atoms with Crippen LogP contribution in [0.3, 0.4) is 0 Å². The number of fused-ring (bicyclic) bond motifs is 1. The Bertz CT molecular complexity index is 1260. The highest BCUT2D eigenvalue weighted by Gasteiger charge is 2.10. The second-order valence-electron chi connectivity index (χ2n) is 6.99. The van der Waals surface area contributed by atoms with E-state index in [1.165, 1.54) is 6.21 Å². The average molecular weight is 423 g/mol. The van der Waals surface area contributed by atoms with Gasteiger partial charge in [-0.3, -0.25) is 9.59 Å². The molecule has 0 saturated heterocycles. The summed E-state index contributed by atoms with van der Waals surface area (Å²) in [5, 5.41) is 8.39. The van der Waals surface area contributed by atoms with Crippen LogP contribution in [0.5, 0.6) is 11.5 Å². The summed E-state index contributed by atoms with van der Waals surface area (Å²) in [6, 6.07) is 29.9. The van der Waals surface area contributed by atoms with Crippen LogP contribution in [-0.4, -0.2) is 24.6 Å². The van der Waals surface area contributed by atoms with Crippen LogP contribution >= 0.6 is 0 Å². The van der Waals surface area contributed by atoms with Crippen LogP contribution in [0.2, 0.25) is 0 Å². The third-order valence-corrected chi connectivity index (χ3v) is 4.68. The van der Waals surface area contributed by atoms with Crippen LogP contribution < -0.4 is 15.5 Å². The van der Waals surface area contributed by atoms with Crippen LogP contribution in [0.25, 0.3) is 10.8 Å². The molecule has 0 aliphatic carbocycles. The van der Waals surface area contributed by atoms with Crippen molar-refractivity contribution in [1.82, 2.24) is 10.7 Å². The van der Waals surface area contributed by atoms with E-state index < -0.39 is 5.91 Å². The van der Waals surface area contributed by atoms with Gasteiger partial charge in [0.15, 0.2) is 0 Å². The van der Waals surface area contributed by atoms with E-state index in [-0.39, 0.29) is 12.5 Å². The van der Waals surface area contributed by atoms with Crippen LogP contribution in [0.1, 0.15) is 15.9 Å². The normalized spacial score (nSPS) is 10.8. The number of hydrogen-bond donors (Lipinski definition) is 2. The summed E-state index contributed by atoms with van der Waals surface area (Å²) in [5.74, 6) is 0.656. The van der Waals surface area contributed by atoms with Crippen molar-refractivity contribution in [2.24, 2.45) is 5.10 Å². The number of nitrogens with one attached hydrogen (secondary N) is 2. The van der Waals surface area contributed by atoms with Gasteiger partial charge in [-0.15, -0.1) is 0 Å². The molecule has 0 bridgehead atoms. The lowest BCUT2D eigenvalue weighted by atomic mass is 10.0. The first-order valence-electron chi connectivity index (χ1n) is 10.1. The predicted octanol–water partition coefficient (Wildman–Crippen LogP) is 4.51. The van der Waals surface area contributed by atoms with Gasteiger partial charge in [-0.1, -0.05) is 66.7 Å². The minimum atomic E-state index is -0.425. The zero-order valence-corrected chi connectivity index (χ0v) is 17.2. The molecule has 4 rings (SSSR count). The van der Waals surface area contributed by atoms with Gasteiger partial charge in [0.2, 0.25) is 0 Å². The highest BCUT2D eigenvalue weighted by Crippen LogP contribution is 2.21. The highest BCUT2D eigenvalue weighted by molar-refractivity contribution is 6.07. The molecule has 0 heterocycles. The standard InChI is InChI=1S/C26H21N3O3/c30-25(18-27-26(31)24-15-7-10-20-9-4-5-14-23(20)24)29-28-17-19-8-6-13-22(16-19)32-21-11-2-1-3-12-21/h1-17H,18H2,(H,27,31)(H,29,30). The molecule has 0 saturated carbocycles. The first-order chi connectivity index (χ1) is 15.7. The number of amides is 2.